The van der Waals surface area contributed by atoms with Crippen LogP contribution in [0.4, 0.5) is 5.69 Å². The molecule has 3 aromatic rings. The zero-order valence-electron chi connectivity index (χ0n) is 12.1. The highest BCUT2D eigenvalue weighted by Gasteiger charge is 2.09. The molecule has 2 amide bonds. The van der Waals surface area contributed by atoms with Crippen LogP contribution in [0, 0.1) is 0 Å². The summed E-state index contributed by atoms with van der Waals surface area (Å²) in [7, 11) is 0. The number of anilines is 1. The summed E-state index contributed by atoms with van der Waals surface area (Å²) in [6, 6.07) is 15.5. The quantitative estimate of drug-likeness (QED) is 0.690. The molecule has 114 valence electrons. The Morgan fingerprint density at radius 1 is 1.00 bits per heavy atom. The molecule has 3 rings (SSSR count). The highest BCUT2D eigenvalue weighted by molar-refractivity contribution is 6.06. The fourth-order valence-corrected chi connectivity index (χ4v) is 2.17. The van der Waals surface area contributed by atoms with Crippen LogP contribution < -0.4 is 11.1 Å². The number of nitrogens with two attached hydrogens (primary N) is 1. The summed E-state index contributed by atoms with van der Waals surface area (Å²) in [6.07, 6.45) is 1.68. The number of H-pyrrole nitrogens is 1. The van der Waals surface area contributed by atoms with E-state index in [0.717, 1.165) is 11.3 Å². The number of amides is 2. The van der Waals surface area contributed by atoms with Crippen molar-refractivity contribution in [2.24, 2.45) is 5.73 Å². The van der Waals surface area contributed by atoms with Gasteiger partial charge in [0.25, 0.3) is 5.91 Å². The molecule has 0 aliphatic carbocycles. The van der Waals surface area contributed by atoms with Crippen LogP contribution in [-0.4, -0.2) is 22.0 Å². The van der Waals surface area contributed by atoms with Gasteiger partial charge in [-0.25, -0.2) is 0 Å². The maximum Gasteiger partial charge on any atom is 0.255 e. The molecule has 0 spiro atoms. The fourth-order valence-electron chi connectivity index (χ4n) is 2.17. The van der Waals surface area contributed by atoms with Crippen LogP contribution in [0.5, 0.6) is 0 Å². The summed E-state index contributed by atoms with van der Waals surface area (Å²) in [4.78, 5) is 23.4. The standard InChI is InChI=1S/C17H14N4O2/c18-16(22)12-2-1-3-13(10-12)17(23)20-14-6-4-11(5-7-14)15-8-9-19-21-15/h1-10H,(H2,18,22)(H,19,21)(H,20,23). The third-order valence-corrected chi connectivity index (χ3v) is 3.36. The zero-order chi connectivity index (χ0) is 16.2. The van der Waals surface area contributed by atoms with E-state index in [1.807, 2.05) is 18.2 Å². The lowest BCUT2D eigenvalue weighted by Crippen LogP contribution is -2.15. The van der Waals surface area contributed by atoms with Crippen LogP contribution in [0.25, 0.3) is 11.3 Å². The van der Waals surface area contributed by atoms with Gasteiger partial charge in [-0.3, -0.25) is 14.7 Å². The van der Waals surface area contributed by atoms with Gasteiger partial charge in [0.15, 0.2) is 0 Å². The van der Waals surface area contributed by atoms with E-state index in [0.29, 0.717) is 16.8 Å². The SMILES string of the molecule is NC(=O)c1cccc(C(=O)Nc2ccc(-c3ccn[nH]3)cc2)c1. The van der Waals surface area contributed by atoms with Crippen molar-refractivity contribution in [3.8, 4) is 11.3 Å². The first-order valence-electron chi connectivity index (χ1n) is 6.94. The van der Waals surface area contributed by atoms with Gasteiger partial charge < -0.3 is 11.1 Å². The number of nitrogens with zero attached hydrogens (tertiary/aromatic N) is 1. The minimum atomic E-state index is -0.566. The molecular weight excluding hydrogens is 292 g/mol. The van der Waals surface area contributed by atoms with Crippen molar-refractivity contribution >= 4 is 17.5 Å². The maximum absolute atomic E-state index is 12.2. The summed E-state index contributed by atoms with van der Waals surface area (Å²) >= 11 is 0. The van der Waals surface area contributed by atoms with Gasteiger partial charge in [-0.1, -0.05) is 18.2 Å². The lowest BCUT2D eigenvalue weighted by Gasteiger charge is -2.07. The number of carbonyl (C=O) groups excluding carboxylic acids is 2. The Morgan fingerprint density at radius 3 is 2.39 bits per heavy atom. The number of hydrogen-bond acceptors (Lipinski definition) is 3. The smallest absolute Gasteiger partial charge is 0.255 e. The molecule has 0 aliphatic heterocycles. The second-order valence-electron chi connectivity index (χ2n) is 4.95. The van der Waals surface area contributed by atoms with Crippen molar-refractivity contribution in [2.75, 3.05) is 5.32 Å². The number of benzene rings is 2. The lowest BCUT2D eigenvalue weighted by atomic mass is 10.1. The third-order valence-electron chi connectivity index (χ3n) is 3.36. The average Bonchev–Trinajstić information content (AvgIpc) is 3.10. The van der Waals surface area contributed by atoms with Gasteiger partial charge in [-0.2, -0.15) is 5.10 Å². The molecule has 6 nitrogen and oxygen atoms in total. The Bertz CT molecular complexity index is 839. The van der Waals surface area contributed by atoms with E-state index in [4.69, 9.17) is 5.73 Å². The molecule has 1 aromatic heterocycles. The van der Waals surface area contributed by atoms with Crippen LogP contribution in [0.2, 0.25) is 0 Å². The molecule has 0 radical (unpaired) electrons. The molecule has 0 saturated carbocycles. The minimum Gasteiger partial charge on any atom is -0.366 e. The molecule has 2 aromatic carbocycles. The van der Waals surface area contributed by atoms with Gasteiger partial charge >= 0.3 is 0 Å². The molecular formula is C17H14N4O2. The number of primary amides is 1. The Labute approximate surface area is 132 Å². The maximum atomic E-state index is 12.2. The Hall–Kier alpha value is -3.41. The van der Waals surface area contributed by atoms with Crippen molar-refractivity contribution in [1.82, 2.24) is 10.2 Å². The van der Waals surface area contributed by atoms with Crippen LogP contribution in [-0.2, 0) is 0 Å². The van der Waals surface area contributed by atoms with E-state index >= 15 is 0 Å². The first kappa shape index (κ1) is 14.5. The van der Waals surface area contributed by atoms with Gasteiger partial charge in [-0.15, -0.1) is 0 Å². The van der Waals surface area contributed by atoms with E-state index in [2.05, 4.69) is 15.5 Å². The second-order valence-corrected chi connectivity index (χ2v) is 4.95. The summed E-state index contributed by atoms with van der Waals surface area (Å²) in [6.45, 7) is 0. The van der Waals surface area contributed by atoms with Crippen LogP contribution in [0.3, 0.4) is 0 Å². The molecule has 0 unspecified atom stereocenters. The Kier molecular flexibility index (Phi) is 3.88. The van der Waals surface area contributed by atoms with Crippen LogP contribution in [0.1, 0.15) is 20.7 Å². The van der Waals surface area contributed by atoms with Crippen molar-refractivity contribution in [3.05, 3.63) is 71.9 Å². The first-order valence-corrected chi connectivity index (χ1v) is 6.94. The van der Waals surface area contributed by atoms with Gasteiger partial charge in [0.05, 0.1) is 5.69 Å². The van der Waals surface area contributed by atoms with Gasteiger partial charge in [-0.05, 0) is 42.0 Å². The van der Waals surface area contributed by atoms with E-state index in [1.54, 1.807) is 36.5 Å². The van der Waals surface area contributed by atoms with Crippen molar-refractivity contribution in [1.29, 1.82) is 0 Å². The van der Waals surface area contributed by atoms with Gasteiger partial charge in [0.1, 0.15) is 0 Å². The lowest BCUT2D eigenvalue weighted by molar-refractivity contribution is 0.1000. The Balaban J connectivity index is 1.75. The third kappa shape index (κ3) is 3.26. The van der Waals surface area contributed by atoms with E-state index in [9.17, 15) is 9.59 Å². The number of rotatable bonds is 4. The average molecular weight is 306 g/mol. The summed E-state index contributed by atoms with van der Waals surface area (Å²) in [5.41, 5.74) is 8.42. The minimum absolute atomic E-state index is 0.298. The van der Waals surface area contributed by atoms with Crippen LogP contribution >= 0.6 is 0 Å². The molecule has 0 saturated heterocycles. The Morgan fingerprint density at radius 2 is 1.74 bits per heavy atom. The predicted octanol–water partition coefficient (Wildman–Crippen LogP) is 2.43. The molecule has 0 aliphatic rings. The van der Waals surface area contributed by atoms with E-state index in [-0.39, 0.29) is 5.91 Å². The van der Waals surface area contributed by atoms with Crippen LogP contribution in [0.15, 0.2) is 60.8 Å². The number of nitrogens with one attached hydrogen (secondary N) is 2. The second kappa shape index (κ2) is 6.15. The van der Waals surface area contributed by atoms with E-state index in [1.165, 1.54) is 6.07 Å². The van der Waals surface area contributed by atoms with E-state index < -0.39 is 5.91 Å². The van der Waals surface area contributed by atoms with Gasteiger partial charge in [0, 0.05) is 23.0 Å². The molecule has 0 fully saturated rings. The van der Waals surface area contributed by atoms with Crippen molar-refractivity contribution in [2.45, 2.75) is 0 Å². The summed E-state index contributed by atoms with van der Waals surface area (Å²) in [5.74, 6) is -0.869. The fraction of sp³-hybridized carbons (Fsp3) is 0. The van der Waals surface area contributed by atoms with Crippen molar-refractivity contribution < 1.29 is 9.59 Å². The first-order chi connectivity index (χ1) is 11.1. The normalized spacial score (nSPS) is 10.3. The molecule has 0 bridgehead atoms. The number of aromatic amines is 1. The zero-order valence-corrected chi connectivity index (χ0v) is 12.1. The molecule has 23 heavy (non-hydrogen) atoms. The molecule has 6 heteroatoms. The van der Waals surface area contributed by atoms with Crippen molar-refractivity contribution in [3.63, 3.8) is 0 Å². The molecule has 0 atom stereocenters. The highest BCUT2D eigenvalue weighted by Crippen LogP contribution is 2.19. The molecule has 4 N–H and O–H groups in total. The monoisotopic (exact) mass is 306 g/mol. The summed E-state index contributed by atoms with van der Waals surface area (Å²) in [5, 5.41) is 9.55. The topological polar surface area (TPSA) is 101 Å². The van der Waals surface area contributed by atoms with Gasteiger partial charge in [0.2, 0.25) is 5.91 Å². The largest absolute Gasteiger partial charge is 0.366 e. The number of carbonyl (C=O) groups is 2. The molecule has 1 heterocycles. The predicted molar refractivity (Wildman–Crippen MR) is 86.9 cm³/mol. The summed E-state index contributed by atoms with van der Waals surface area (Å²) < 4.78 is 0. The number of hydrogen-bond donors (Lipinski definition) is 3. The number of aromatic nitrogens is 2. The highest BCUT2D eigenvalue weighted by atomic mass is 16.2.